The number of ether oxygens (including phenoxy) is 1. The standard InChI is InChI=1S/C15H18N4O2/c1-2-21-15(20)12-9-11(3-4-13(12)16)19-8-7-18-6-5-17-14(18)10-19/h3-6,9H,2,7-8,10,16H2,1H3. The highest BCUT2D eigenvalue weighted by molar-refractivity contribution is 5.96. The molecule has 110 valence electrons. The number of carbonyl (C=O) groups is 1. The average Bonchev–Trinajstić information content (AvgIpc) is 2.95. The van der Waals surface area contributed by atoms with E-state index in [1.165, 1.54) is 0 Å². The molecule has 0 fully saturated rings. The lowest BCUT2D eigenvalue weighted by Crippen LogP contribution is -2.33. The normalized spacial score (nSPS) is 13.9. The monoisotopic (exact) mass is 286 g/mol. The number of hydrogen-bond donors (Lipinski definition) is 1. The number of aromatic nitrogens is 2. The lowest BCUT2D eigenvalue weighted by molar-refractivity contribution is 0.0527. The van der Waals surface area contributed by atoms with Crippen LogP contribution in [0.15, 0.2) is 30.6 Å². The number of nitrogens with zero attached hydrogens (tertiary/aromatic N) is 3. The van der Waals surface area contributed by atoms with E-state index in [1.807, 2.05) is 18.5 Å². The van der Waals surface area contributed by atoms with Gasteiger partial charge < -0.3 is 19.9 Å². The van der Waals surface area contributed by atoms with Gasteiger partial charge in [-0.15, -0.1) is 0 Å². The average molecular weight is 286 g/mol. The number of rotatable bonds is 3. The van der Waals surface area contributed by atoms with Gasteiger partial charge in [-0.3, -0.25) is 0 Å². The molecule has 0 unspecified atom stereocenters. The van der Waals surface area contributed by atoms with Crippen molar-refractivity contribution in [3.63, 3.8) is 0 Å². The molecule has 1 aliphatic heterocycles. The third kappa shape index (κ3) is 2.56. The minimum Gasteiger partial charge on any atom is -0.462 e. The van der Waals surface area contributed by atoms with Gasteiger partial charge in [-0.1, -0.05) is 0 Å². The van der Waals surface area contributed by atoms with E-state index in [-0.39, 0.29) is 5.97 Å². The van der Waals surface area contributed by atoms with Gasteiger partial charge >= 0.3 is 5.97 Å². The summed E-state index contributed by atoms with van der Waals surface area (Å²) in [6, 6.07) is 5.48. The molecule has 2 aromatic rings. The second-order valence-corrected chi connectivity index (χ2v) is 4.95. The van der Waals surface area contributed by atoms with Crippen LogP contribution in [0.25, 0.3) is 0 Å². The van der Waals surface area contributed by atoms with E-state index in [1.54, 1.807) is 19.1 Å². The second kappa shape index (κ2) is 5.47. The number of carbonyl (C=O) groups excluding carboxylic acids is 1. The van der Waals surface area contributed by atoms with Crippen molar-refractivity contribution < 1.29 is 9.53 Å². The van der Waals surface area contributed by atoms with Crippen molar-refractivity contribution in [1.82, 2.24) is 9.55 Å². The summed E-state index contributed by atoms with van der Waals surface area (Å²) < 4.78 is 7.18. The molecule has 2 N–H and O–H groups in total. The fourth-order valence-electron chi connectivity index (χ4n) is 2.52. The Labute approximate surface area is 123 Å². The van der Waals surface area contributed by atoms with Crippen molar-refractivity contribution in [2.75, 3.05) is 23.8 Å². The zero-order valence-corrected chi connectivity index (χ0v) is 12.0. The fraction of sp³-hybridized carbons (Fsp3) is 0.333. The quantitative estimate of drug-likeness (QED) is 0.686. The van der Waals surface area contributed by atoms with Gasteiger partial charge in [-0.2, -0.15) is 0 Å². The highest BCUT2D eigenvalue weighted by atomic mass is 16.5. The Bertz CT molecular complexity index is 665. The van der Waals surface area contributed by atoms with Gasteiger partial charge in [0.2, 0.25) is 0 Å². The number of nitrogen functional groups attached to an aromatic ring is 1. The first-order valence-corrected chi connectivity index (χ1v) is 7.00. The minimum absolute atomic E-state index is 0.337. The molecule has 0 radical (unpaired) electrons. The van der Waals surface area contributed by atoms with Crippen molar-refractivity contribution in [3.8, 4) is 0 Å². The first kappa shape index (κ1) is 13.5. The molecule has 0 saturated heterocycles. The number of hydrogen-bond acceptors (Lipinski definition) is 5. The topological polar surface area (TPSA) is 73.4 Å². The molecular formula is C15H18N4O2. The fourth-order valence-corrected chi connectivity index (χ4v) is 2.52. The van der Waals surface area contributed by atoms with E-state index in [2.05, 4.69) is 14.5 Å². The number of benzene rings is 1. The molecule has 1 aromatic carbocycles. The van der Waals surface area contributed by atoms with Crippen molar-refractivity contribution in [1.29, 1.82) is 0 Å². The van der Waals surface area contributed by atoms with E-state index in [4.69, 9.17) is 10.5 Å². The van der Waals surface area contributed by atoms with Crippen molar-refractivity contribution >= 4 is 17.3 Å². The summed E-state index contributed by atoms with van der Waals surface area (Å²) in [6.45, 7) is 4.59. The molecule has 1 aliphatic rings. The summed E-state index contributed by atoms with van der Waals surface area (Å²) in [5.41, 5.74) is 7.69. The lowest BCUT2D eigenvalue weighted by atomic mass is 10.1. The van der Waals surface area contributed by atoms with E-state index < -0.39 is 0 Å². The van der Waals surface area contributed by atoms with Crippen LogP contribution in [0.4, 0.5) is 11.4 Å². The van der Waals surface area contributed by atoms with Crippen LogP contribution in [-0.2, 0) is 17.8 Å². The molecule has 6 heteroatoms. The predicted molar refractivity (Wildman–Crippen MR) is 80.1 cm³/mol. The molecule has 0 amide bonds. The number of nitrogens with two attached hydrogens (primary N) is 1. The summed E-state index contributed by atoms with van der Waals surface area (Å²) in [4.78, 5) is 18.4. The van der Waals surface area contributed by atoms with Crippen LogP contribution in [0.1, 0.15) is 23.1 Å². The molecule has 0 saturated carbocycles. The maximum Gasteiger partial charge on any atom is 0.340 e. The lowest BCUT2D eigenvalue weighted by Gasteiger charge is -2.30. The highest BCUT2D eigenvalue weighted by Gasteiger charge is 2.19. The summed E-state index contributed by atoms with van der Waals surface area (Å²) in [5, 5.41) is 0. The zero-order valence-electron chi connectivity index (χ0n) is 12.0. The van der Waals surface area contributed by atoms with Crippen LogP contribution in [0.2, 0.25) is 0 Å². The van der Waals surface area contributed by atoms with Crippen LogP contribution in [0.5, 0.6) is 0 Å². The molecule has 0 bridgehead atoms. The van der Waals surface area contributed by atoms with Crippen molar-refractivity contribution in [2.45, 2.75) is 20.0 Å². The van der Waals surface area contributed by atoms with E-state index in [9.17, 15) is 4.79 Å². The molecule has 6 nitrogen and oxygen atoms in total. The SMILES string of the molecule is CCOC(=O)c1cc(N2CCn3ccnc3C2)ccc1N. The van der Waals surface area contributed by atoms with E-state index in [0.29, 0.717) is 17.9 Å². The van der Waals surface area contributed by atoms with Gasteiger partial charge in [0.25, 0.3) is 0 Å². The van der Waals surface area contributed by atoms with Gasteiger partial charge in [0.1, 0.15) is 5.82 Å². The Morgan fingerprint density at radius 1 is 1.43 bits per heavy atom. The Balaban J connectivity index is 1.86. The first-order chi connectivity index (χ1) is 10.2. The Hall–Kier alpha value is -2.50. The first-order valence-electron chi connectivity index (χ1n) is 7.00. The zero-order chi connectivity index (χ0) is 14.8. The number of esters is 1. The maximum atomic E-state index is 11.9. The summed E-state index contributed by atoms with van der Waals surface area (Å²) in [7, 11) is 0. The number of anilines is 2. The molecule has 2 heterocycles. The molecular weight excluding hydrogens is 268 g/mol. The van der Waals surface area contributed by atoms with Gasteiger partial charge in [0, 0.05) is 36.9 Å². The Morgan fingerprint density at radius 3 is 3.10 bits per heavy atom. The third-order valence-corrected chi connectivity index (χ3v) is 3.64. The number of imidazole rings is 1. The van der Waals surface area contributed by atoms with Crippen LogP contribution in [-0.4, -0.2) is 28.7 Å². The van der Waals surface area contributed by atoms with E-state index >= 15 is 0 Å². The minimum atomic E-state index is -0.379. The summed E-state index contributed by atoms with van der Waals surface area (Å²) in [6.07, 6.45) is 3.80. The highest BCUT2D eigenvalue weighted by Crippen LogP contribution is 2.25. The molecule has 1 aromatic heterocycles. The van der Waals surface area contributed by atoms with Crippen molar-refractivity contribution in [3.05, 3.63) is 42.0 Å². The summed E-state index contributed by atoms with van der Waals surface area (Å²) >= 11 is 0. The van der Waals surface area contributed by atoms with Crippen LogP contribution in [0.3, 0.4) is 0 Å². The summed E-state index contributed by atoms with van der Waals surface area (Å²) in [5.74, 6) is 0.645. The van der Waals surface area contributed by atoms with Crippen molar-refractivity contribution in [2.24, 2.45) is 0 Å². The number of fused-ring (bicyclic) bond motifs is 1. The molecule has 0 atom stereocenters. The van der Waals surface area contributed by atoms with Crippen LogP contribution in [0, 0.1) is 0 Å². The smallest absolute Gasteiger partial charge is 0.340 e. The van der Waals surface area contributed by atoms with Gasteiger partial charge in [0.05, 0.1) is 18.7 Å². The molecule has 3 rings (SSSR count). The third-order valence-electron chi connectivity index (χ3n) is 3.64. The molecule has 0 spiro atoms. The van der Waals surface area contributed by atoms with Gasteiger partial charge in [0.15, 0.2) is 0 Å². The second-order valence-electron chi connectivity index (χ2n) is 4.95. The largest absolute Gasteiger partial charge is 0.462 e. The Kier molecular flexibility index (Phi) is 3.51. The maximum absolute atomic E-state index is 11.9. The van der Waals surface area contributed by atoms with Gasteiger partial charge in [-0.05, 0) is 25.1 Å². The van der Waals surface area contributed by atoms with Gasteiger partial charge in [-0.25, -0.2) is 9.78 Å². The predicted octanol–water partition coefficient (Wildman–Crippen LogP) is 1.66. The molecule has 21 heavy (non-hydrogen) atoms. The van der Waals surface area contributed by atoms with Crippen LogP contribution >= 0.6 is 0 Å². The Morgan fingerprint density at radius 2 is 2.29 bits per heavy atom. The van der Waals surface area contributed by atoms with E-state index in [0.717, 1.165) is 31.1 Å². The van der Waals surface area contributed by atoms with Crippen LogP contribution < -0.4 is 10.6 Å². The molecule has 0 aliphatic carbocycles.